The molecule has 1 heterocycles. The first-order valence-electron chi connectivity index (χ1n) is 6.23. The molecule has 0 radical (unpaired) electrons. The van der Waals surface area contributed by atoms with Crippen molar-refractivity contribution in [3.63, 3.8) is 0 Å². The zero-order valence-electron chi connectivity index (χ0n) is 11.3. The summed E-state index contributed by atoms with van der Waals surface area (Å²) in [5, 5.41) is 11.7. The highest BCUT2D eigenvalue weighted by Crippen LogP contribution is 2.21. The van der Waals surface area contributed by atoms with Gasteiger partial charge in [-0.25, -0.2) is 0 Å². The second kappa shape index (κ2) is 5.05. The van der Waals surface area contributed by atoms with E-state index in [4.69, 9.17) is 5.11 Å². The molecule has 6 nitrogen and oxygen atoms in total. The maximum Gasteiger partial charge on any atom is 0.262 e. The van der Waals surface area contributed by atoms with E-state index in [-0.39, 0.29) is 13.2 Å². The predicted octanol–water partition coefficient (Wildman–Crippen LogP) is 0.170. The van der Waals surface area contributed by atoms with Crippen LogP contribution in [0, 0.1) is 0 Å². The van der Waals surface area contributed by atoms with E-state index in [1.807, 2.05) is 0 Å². The molecule has 1 aromatic rings. The molecule has 0 spiro atoms. The average Bonchev–Trinajstić information content (AvgIpc) is 2.64. The molecule has 0 aliphatic carbocycles. The maximum atomic E-state index is 12.1. The lowest BCUT2D eigenvalue weighted by Crippen LogP contribution is -2.50. The molecule has 0 fully saturated rings. The molecule has 6 heteroatoms. The summed E-state index contributed by atoms with van der Waals surface area (Å²) in [6.07, 6.45) is 0. The van der Waals surface area contributed by atoms with Crippen LogP contribution >= 0.6 is 0 Å². The van der Waals surface area contributed by atoms with E-state index in [1.165, 1.54) is 0 Å². The van der Waals surface area contributed by atoms with Gasteiger partial charge in [0.05, 0.1) is 23.3 Å². The van der Waals surface area contributed by atoms with Crippen LogP contribution in [0.15, 0.2) is 24.3 Å². The highest BCUT2D eigenvalue weighted by Gasteiger charge is 2.36. The maximum absolute atomic E-state index is 12.1. The molecule has 106 valence electrons. The molecule has 0 saturated heterocycles. The smallest absolute Gasteiger partial charge is 0.262 e. The quantitative estimate of drug-likeness (QED) is 0.767. The van der Waals surface area contributed by atoms with E-state index in [0.29, 0.717) is 11.1 Å². The van der Waals surface area contributed by atoms with E-state index in [2.05, 4.69) is 5.32 Å². The molecule has 1 aliphatic rings. The van der Waals surface area contributed by atoms with Gasteiger partial charge in [0, 0.05) is 0 Å². The molecular weight excluding hydrogens is 260 g/mol. The number of fused-ring (bicyclic) bond motifs is 1. The number of aliphatic hydroxyl groups excluding tert-OH is 1. The standard InChI is InChI=1S/C14H16N2O4/c1-14(2,8-17)15-11(18)7-16-12(19)9-5-3-4-6-10(9)13(16)20/h3-6,17H,7-8H2,1-2H3,(H,15,18). The van der Waals surface area contributed by atoms with Crippen LogP contribution in [-0.2, 0) is 4.79 Å². The Bertz CT molecular complexity index is 545. The second-order valence-electron chi connectivity index (χ2n) is 5.33. The van der Waals surface area contributed by atoms with Gasteiger partial charge in [-0.1, -0.05) is 12.1 Å². The number of nitrogens with one attached hydrogen (secondary N) is 1. The number of hydrogen-bond donors (Lipinski definition) is 2. The monoisotopic (exact) mass is 276 g/mol. The Morgan fingerprint density at radius 1 is 1.20 bits per heavy atom. The molecule has 2 rings (SSSR count). The van der Waals surface area contributed by atoms with Gasteiger partial charge >= 0.3 is 0 Å². The van der Waals surface area contributed by atoms with Crippen LogP contribution in [0.1, 0.15) is 34.6 Å². The molecule has 1 aromatic carbocycles. The van der Waals surface area contributed by atoms with E-state index < -0.39 is 23.3 Å². The Hall–Kier alpha value is -2.21. The minimum Gasteiger partial charge on any atom is -0.394 e. The van der Waals surface area contributed by atoms with Crippen molar-refractivity contribution in [3.05, 3.63) is 35.4 Å². The van der Waals surface area contributed by atoms with Crippen LogP contribution in [0.5, 0.6) is 0 Å². The largest absolute Gasteiger partial charge is 0.394 e. The van der Waals surface area contributed by atoms with Gasteiger partial charge in [0.15, 0.2) is 0 Å². The minimum atomic E-state index is -0.796. The highest BCUT2D eigenvalue weighted by atomic mass is 16.3. The van der Waals surface area contributed by atoms with Gasteiger partial charge in [0.25, 0.3) is 11.8 Å². The Morgan fingerprint density at radius 2 is 1.70 bits per heavy atom. The molecule has 2 N–H and O–H groups in total. The molecule has 0 unspecified atom stereocenters. The number of hydrogen-bond acceptors (Lipinski definition) is 4. The third kappa shape index (κ3) is 2.55. The summed E-state index contributed by atoms with van der Waals surface area (Å²) in [5.41, 5.74) is -0.172. The van der Waals surface area contributed by atoms with Gasteiger partial charge in [-0.3, -0.25) is 19.3 Å². The number of carbonyl (C=O) groups excluding carboxylic acids is 3. The van der Waals surface area contributed by atoms with Gasteiger partial charge < -0.3 is 10.4 Å². The molecule has 1 aliphatic heterocycles. The number of nitrogens with zero attached hydrogens (tertiary/aromatic N) is 1. The number of aliphatic hydroxyl groups is 1. The Morgan fingerprint density at radius 3 is 2.15 bits per heavy atom. The first-order chi connectivity index (χ1) is 9.35. The van der Waals surface area contributed by atoms with Crippen molar-refractivity contribution in [2.45, 2.75) is 19.4 Å². The zero-order chi connectivity index (χ0) is 14.9. The van der Waals surface area contributed by atoms with Crippen molar-refractivity contribution in [3.8, 4) is 0 Å². The first-order valence-corrected chi connectivity index (χ1v) is 6.23. The fourth-order valence-corrected chi connectivity index (χ4v) is 1.98. The third-order valence-corrected chi connectivity index (χ3v) is 3.05. The summed E-state index contributed by atoms with van der Waals surface area (Å²) in [7, 11) is 0. The van der Waals surface area contributed by atoms with Crippen molar-refractivity contribution in [2.75, 3.05) is 13.2 Å². The first kappa shape index (κ1) is 14.2. The normalized spacial score (nSPS) is 14.4. The van der Waals surface area contributed by atoms with Gasteiger partial charge in [-0.2, -0.15) is 0 Å². The highest BCUT2D eigenvalue weighted by molar-refractivity contribution is 6.22. The predicted molar refractivity (Wildman–Crippen MR) is 71.1 cm³/mol. The Kier molecular flexibility index (Phi) is 3.59. The summed E-state index contributed by atoms with van der Waals surface area (Å²) in [5.74, 6) is -1.43. The number of benzene rings is 1. The fraction of sp³-hybridized carbons (Fsp3) is 0.357. The van der Waals surface area contributed by atoms with E-state index in [0.717, 1.165) is 4.90 Å². The van der Waals surface area contributed by atoms with E-state index in [1.54, 1.807) is 38.1 Å². The summed E-state index contributed by atoms with van der Waals surface area (Å²) < 4.78 is 0. The molecule has 3 amide bonds. The van der Waals surface area contributed by atoms with Crippen molar-refractivity contribution in [2.24, 2.45) is 0 Å². The Balaban J connectivity index is 2.11. The van der Waals surface area contributed by atoms with Crippen LogP contribution in [-0.4, -0.2) is 46.4 Å². The fourth-order valence-electron chi connectivity index (χ4n) is 1.98. The lowest BCUT2D eigenvalue weighted by molar-refractivity contribution is -0.123. The van der Waals surface area contributed by atoms with Crippen LogP contribution in [0.4, 0.5) is 0 Å². The molecule has 0 saturated carbocycles. The summed E-state index contributed by atoms with van der Waals surface area (Å²) in [4.78, 5) is 36.9. The van der Waals surface area contributed by atoms with Crippen LogP contribution < -0.4 is 5.32 Å². The lowest BCUT2D eigenvalue weighted by atomic mass is 10.1. The number of carbonyl (C=O) groups is 3. The van der Waals surface area contributed by atoms with Crippen molar-refractivity contribution < 1.29 is 19.5 Å². The zero-order valence-corrected chi connectivity index (χ0v) is 11.3. The second-order valence-corrected chi connectivity index (χ2v) is 5.33. The average molecular weight is 276 g/mol. The number of amides is 3. The molecule has 20 heavy (non-hydrogen) atoms. The van der Waals surface area contributed by atoms with E-state index >= 15 is 0 Å². The van der Waals surface area contributed by atoms with E-state index in [9.17, 15) is 14.4 Å². The summed E-state index contributed by atoms with van der Waals surface area (Å²) in [6.45, 7) is 2.71. The van der Waals surface area contributed by atoms with Gasteiger partial charge in [-0.05, 0) is 26.0 Å². The lowest BCUT2D eigenvalue weighted by Gasteiger charge is -2.24. The summed E-state index contributed by atoms with van der Waals surface area (Å²) in [6, 6.07) is 6.46. The number of rotatable bonds is 4. The van der Waals surface area contributed by atoms with Gasteiger partial charge in [0.2, 0.25) is 5.91 Å². The minimum absolute atomic E-state index is 0.235. The van der Waals surface area contributed by atoms with Crippen LogP contribution in [0.2, 0.25) is 0 Å². The van der Waals surface area contributed by atoms with Crippen molar-refractivity contribution >= 4 is 17.7 Å². The van der Waals surface area contributed by atoms with Gasteiger partial charge in [-0.15, -0.1) is 0 Å². The Labute approximate surface area is 116 Å². The van der Waals surface area contributed by atoms with Crippen molar-refractivity contribution in [1.29, 1.82) is 0 Å². The number of imide groups is 1. The SMILES string of the molecule is CC(C)(CO)NC(=O)CN1C(=O)c2ccccc2C1=O. The topological polar surface area (TPSA) is 86.7 Å². The molecular formula is C14H16N2O4. The molecule has 0 aromatic heterocycles. The van der Waals surface area contributed by atoms with Gasteiger partial charge in [0.1, 0.15) is 6.54 Å². The van der Waals surface area contributed by atoms with Crippen LogP contribution in [0.3, 0.4) is 0 Å². The van der Waals surface area contributed by atoms with Crippen LogP contribution in [0.25, 0.3) is 0 Å². The summed E-state index contributed by atoms with van der Waals surface area (Å²) >= 11 is 0. The third-order valence-electron chi connectivity index (χ3n) is 3.05. The van der Waals surface area contributed by atoms with Crippen molar-refractivity contribution in [1.82, 2.24) is 10.2 Å². The molecule has 0 bridgehead atoms. The molecule has 0 atom stereocenters.